The van der Waals surface area contributed by atoms with Gasteiger partial charge in [0.1, 0.15) is 0 Å². The average Bonchev–Trinajstić information content (AvgIpc) is 3.21. The van der Waals surface area contributed by atoms with E-state index in [2.05, 4.69) is 20.7 Å². The second-order valence-electron chi connectivity index (χ2n) is 7.11. The van der Waals surface area contributed by atoms with Gasteiger partial charge in [-0.3, -0.25) is 9.89 Å². The van der Waals surface area contributed by atoms with Crippen LogP contribution in [0, 0.1) is 5.92 Å². The van der Waals surface area contributed by atoms with E-state index in [0.717, 1.165) is 23.2 Å². The number of H-pyrrole nitrogens is 1. The Morgan fingerprint density at radius 2 is 2.04 bits per heavy atom. The maximum absolute atomic E-state index is 12.0. The molecule has 0 atom stereocenters. The molecule has 1 aliphatic carbocycles. The highest BCUT2D eigenvalue weighted by Gasteiger charge is 2.15. The SMILES string of the molecule is COc1ccc(-c2[nH]ncc2/C=N\NC(=O)CCC2CCCCC2)cc1OC. The van der Waals surface area contributed by atoms with Crippen LogP contribution >= 0.6 is 0 Å². The Kier molecular flexibility index (Phi) is 7.06. The zero-order valence-corrected chi connectivity index (χ0v) is 16.5. The van der Waals surface area contributed by atoms with Gasteiger partial charge in [0.2, 0.25) is 5.91 Å². The summed E-state index contributed by atoms with van der Waals surface area (Å²) >= 11 is 0. The minimum absolute atomic E-state index is 0.0435. The highest BCUT2D eigenvalue weighted by Crippen LogP contribution is 2.32. The largest absolute Gasteiger partial charge is 0.493 e. The van der Waals surface area contributed by atoms with Crippen molar-refractivity contribution in [2.45, 2.75) is 44.9 Å². The molecule has 0 bridgehead atoms. The molecule has 0 saturated heterocycles. The molecule has 150 valence electrons. The number of amides is 1. The molecular formula is C21H28N4O3. The Morgan fingerprint density at radius 3 is 2.79 bits per heavy atom. The molecule has 1 aromatic heterocycles. The number of benzene rings is 1. The molecule has 0 spiro atoms. The average molecular weight is 384 g/mol. The lowest BCUT2D eigenvalue weighted by Crippen LogP contribution is -2.19. The first kappa shape index (κ1) is 19.9. The molecular weight excluding hydrogens is 356 g/mol. The van der Waals surface area contributed by atoms with Crippen molar-refractivity contribution in [3.63, 3.8) is 0 Å². The predicted octanol–water partition coefficient (Wildman–Crippen LogP) is 3.90. The molecule has 7 nitrogen and oxygen atoms in total. The summed E-state index contributed by atoms with van der Waals surface area (Å²) in [5.74, 6) is 1.94. The van der Waals surface area contributed by atoms with Gasteiger partial charge >= 0.3 is 0 Å². The van der Waals surface area contributed by atoms with Gasteiger partial charge in [0.15, 0.2) is 11.5 Å². The van der Waals surface area contributed by atoms with E-state index in [-0.39, 0.29) is 5.91 Å². The van der Waals surface area contributed by atoms with Gasteiger partial charge in [-0.2, -0.15) is 10.2 Å². The van der Waals surface area contributed by atoms with Crippen molar-refractivity contribution >= 4 is 12.1 Å². The van der Waals surface area contributed by atoms with E-state index in [1.807, 2.05) is 18.2 Å². The Balaban J connectivity index is 1.58. The third-order valence-electron chi connectivity index (χ3n) is 5.24. The topological polar surface area (TPSA) is 88.6 Å². The molecule has 1 aliphatic rings. The van der Waals surface area contributed by atoms with Crippen molar-refractivity contribution in [3.05, 3.63) is 30.0 Å². The summed E-state index contributed by atoms with van der Waals surface area (Å²) in [6.45, 7) is 0. The molecule has 28 heavy (non-hydrogen) atoms. The van der Waals surface area contributed by atoms with Crippen molar-refractivity contribution < 1.29 is 14.3 Å². The van der Waals surface area contributed by atoms with E-state index in [4.69, 9.17) is 9.47 Å². The van der Waals surface area contributed by atoms with Crippen LogP contribution < -0.4 is 14.9 Å². The summed E-state index contributed by atoms with van der Waals surface area (Å²) in [5, 5.41) is 11.2. The fraction of sp³-hybridized carbons (Fsp3) is 0.476. The van der Waals surface area contributed by atoms with Gasteiger partial charge in [-0.1, -0.05) is 32.1 Å². The molecule has 1 fully saturated rings. The number of hydrogen-bond donors (Lipinski definition) is 2. The number of nitrogens with zero attached hydrogens (tertiary/aromatic N) is 2. The van der Waals surface area contributed by atoms with E-state index in [9.17, 15) is 4.79 Å². The number of carbonyl (C=O) groups is 1. The van der Waals surface area contributed by atoms with Crippen LogP contribution in [0.1, 0.15) is 50.5 Å². The number of ether oxygens (including phenoxy) is 2. The van der Waals surface area contributed by atoms with E-state index < -0.39 is 0 Å². The quantitative estimate of drug-likeness (QED) is 0.533. The van der Waals surface area contributed by atoms with Gasteiger partial charge < -0.3 is 9.47 Å². The van der Waals surface area contributed by atoms with E-state index in [1.165, 1.54) is 32.1 Å². The number of hydrazone groups is 1. The molecule has 1 heterocycles. The van der Waals surface area contributed by atoms with Crippen LogP contribution in [0.4, 0.5) is 0 Å². The number of aromatic amines is 1. The second-order valence-corrected chi connectivity index (χ2v) is 7.11. The van der Waals surface area contributed by atoms with Crippen LogP contribution in [0.3, 0.4) is 0 Å². The minimum Gasteiger partial charge on any atom is -0.493 e. The molecule has 0 radical (unpaired) electrons. The molecule has 7 heteroatoms. The third-order valence-corrected chi connectivity index (χ3v) is 5.24. The first-order valence-electron chi connectivity index (χ1n) is 9.79. The van der Waals surface area contributed by atoms with Gasteiger partial charge in [-0.05, 0) is 30.5 Å². The van der Waals surface area contributed by atoms with Crippen molar-refractivity contribution in [1.82, 2.24) is 15.6 Å². The smallest absolute Gasteiger partial charge is 0.240 e. The van der Waals surface area contributed by atoms with E-state index in [0.29, 0.717) is 23.8 Å². The Labute approximate surface area is 165 Å². The van der Waals surface area contributed by atoms with Crippen molar-refractivity contribution in [2.75, 3.05) is 14.2 Å². The number of rotatable bonds is 8. The van der Waals surface area contributed by atoms with Crippen LogP contribution in [0.25, 0.3) is 11.3 Å². The first-order chi connectivity index (χ1) is 13.7. The first-order valence-corrected chi connectivity index (χ1v) is 9.79. The maximum atomic E-state index is 12.0. The lowest BCUT2D eigenvalue weighted by Gasteiger charge is -2.20. The summed E-state index contributed by atoms with van der Waals surface area (Å²) in [6, 6.07) is 5.62. The van der Waals surface area contributed by atoms with Crippen LogP contribution in [0.15, 0.2) is 29.5 Å². The van der Waals surface area contributed by atoms with Crippen LogP contribution in [0.5, 0.6) is 11.5 Å². The van der Waals surface area contributed by atoms with Crippen molar-refractivity contribution in [2.24, 2.45) is 11.0 Å². The van der Waals surface area contributed by atoms with Crippen molar-refractivity contribution in [3.8, 4) is 22.8 Å². The third kappa shape index (κ3) is 5.12. The second kappa shape index (κ2) is 9.92. The molecule has 2 aromatic rings. The summed E-state index contributed by atoms with van der Waals surface area (Å²) in [4.78, 5) is 12.0. The van der Waals surface area contributed by atoms with Gasteiger partial charge in [-0.15, -0.1) is 0 Å². The fourth-order valence-electron chi connectivity index (χ4n) is 3.66. The Bertz CT molecular complexity index is 810. The summed E-state index contributed by atoms with van der Waals surface area (Å²) in [5.41, 5.74) is 5.08. The monoisotopic (exact) mass is 384 g/mol. The number of methoxy groups -OCH3 is 2. The molecule has 1 amide bonds. The highest BCUT2D eigenvalue weighted by atomic mass is 16.5. The predicted molar refractivity (Wildman–Crippen MR) is 109 cm³/mol. The zero-order chi connectivity index (χ0) is 19.8. The highest BCUT2D eigenvalue weighted by molar-refractivity contribution is 5.89. The zero-order valence-electron chi connectivity index (χ0n) is 16.5. The maximum Gasteiger partial charge on any atom is 0.240 e. The van der Waals surface area contributed by atoms with Gasteiger partial charge in [-0.25, -0.2) is 5.43 Å². The lowest BCUT2D eigenvalue weighted by atomic mass is 9.86. The number of nitrogens with one attached hydrogen (secondary N) is 2. The number of carbonyl (C=O) groups excluding carboxylic acids is 1. The van der Waals surface area contributed by atoms with E-state index in [1.54, 1.807) is 26.6 Å². The fourth-order valence-corrected chi connectivity index (χ4v) is 3.66. The number of hydrogen-bond acceptors (Lipinski definition) is 5. The molecule has 1 aromatic carbocycles. The molecule has 0 unspecified atom stereocenters. The molecule has 1 saturated carbocycles. The minimum atomic E-state index is -0.0435. The summed E-state index contributed by atoms with van der Waals surface area (Å²) in [6.07, 6.45) is 11.2. The standard InChI is InChI=1S/C21H28N4O3/c1-27-18-10-9-16(12-19(18)28-2)21-17(14-23-25-21)13-22-24-20(26)11-8-15-6-4-3-5-7-15/h9-10,12-15H,3-8,11H2,1-2H3,(H,23,25)(H,24,26)/b22-13-. The summed E-state index contributed by atoms with van der Waals surface area (Å²) in [7, 11) is 3.20. The van der Waals surface area contributed by atoms with E-state index >= 15 is 0 Å². The molecule has 0 aliphatic heterocycles. The van der Waals surface area contributed by atoms with Crippen LogP contribution in [-0.4, -0.2) is 36.5 Å². The van der Waals surface area contributed by atoms with Gasteiger partial charge in [0.25, 0.3) is 0 Å². The molecule has 3 rings (SSSR count). The van der Waals surface area contributed by atoms with Gasteiger partial charge in [0, 0.05) is 17.5 Å². The van der Waals surface area contributed by atoms with Crippen LogP contribution in [-0.2, 0) is 4.79 Å². The lowest BCUT2D eigenvalue weighted by molar-refractivity contribution is -0.121. The normalized spacial score (nSPS) is 14.9. The van der Waals surface area contributed by atoms with Gasteiger partial charge in [0.05, 0.1) is 32.3 Å². The summed E-state index contributed by atoms with van der Waals surface area (Å²) < 4.78 is 10.6. The number of aromatic nitrogens is 2. The Morgan fingerprint density at radius 1 is 1.25 bits per heavy atom. The Hall–Kier alpha value is -2.83. The molecule has 2 N–H and O–H groups in total. The van der Waals surface area contributed by atoms with Crippen molar-refractivity contribution in [1.29, 1.82) is 0 Å². The van der Waals surface area contributed by atoms with Crippen LogP contribution in [0.2, 0.25) is 0 Å².